The summed E-state index contributed by atoms with van der Waals surface area (Å²) in [6, 6.07) is 0.263. The van der Waals surface area contributed by atoms with Crippen molar-refractivity contribution in [1.29, 1.82) is 0 Å². The molecule has 0 aliphatic carbocycles. The van der Waals surface area contributed by atoms with Gasteiger partial charge in [-0.15, -0.1) is 0 Å². The summed E-state index contributed by atoms with van der Waals surface area (Å²) in [5, 5.41) is 7.63. The maximum atomic E-state index is 5.46. The standard InChI is InChI=1S/C11H21N3O/c1-4-6-12-11(9-15-5-2)10-7-13-14(3)8-10/h7-8,11-12H,4-6,9H2,1-3H3. The van der Waals surface area contributed by atoms with Crippen LogP contribution in [0.5, 0.6) is 0 Å². The molecule has 15 heavy (non-hydrogen) atoms. The topological polar surface area (TPSA) is 39.1 Å². The van der Waals surface area contributed by atoms with E-state index in [9.17, 15) is 0 Å². The molecule has 1 rings (SSSR count). The first-order valence-electron chi connectivity index (χ1n) is 5.57. The van der Waals surface area contributed by atoms with Crippen LogP contribution in [0.1, 0.15) is 31.9 Å². The average molecular weight is 211 g/mol. The van der Waals surface area contributed by atoms with E-state index in [1.54, 1.807) is 0 Å². The van der Waals surface area contributed by atoms with Crippen LogP contribution in [0.3, 0.4) is 0 Å². The van der Waals surface area contributed by atoms with Crippen LogP contribution in [0.15, 0.2) is 12.4 Å². The van der Waals surface area contributed by atoms with Gasteiger partial charge in [0, 0.05) is 25.4 Å². The molecule has 0 saturated carbocycles. The minimum atomic E-state index is 0.263. The summed E-state index contributed by atoms with van der Waals surface area (Å²) in [7, 11) is 1.93. The largest absolute Gasteiger partial charge is 0.380 e. The molecular weight excluding hydrogens is 190 g/mol. The Morgan fingerprint density at radius 2 is 2.33 bits per heavy atom. The van der Waals surface area contributed by atoms with Gasteiger partial charge in [-0.05, 0) is 19.9 Å². The van der Waals surface area contributed by atoms with E-state index < -0.39 is 0 Å². The number of aryl methyl sites for hydroxylation is 1. The van der Waals surface area contributed by atoms with Crippen molar-refractivity contribution in [1.82, 2.24) is 15.1 Å². The fourth-order valence-electron chi connectivity index (χ4n) is 1.45. The number of nitrogens with zero attached hydrogens (tertiary/aromatic N) is 2. The molecule has 1 N–H and O–H groups in total. The highest BCUT2D eigenvalue weighted by atomic mass is 16.5. The SMILES string of the molecule is CCCNC(COCC)c1cnn(C)c1. The molecule has 4 nitrogen and oxygen atoms in total. The highest BCUT2D eigenvalue weighted by molar-refractivity contribution is 5.10. The number of ether oxygens (including phenoxy) is 1. The Hall–Kier alpha value is -0.870. The van der Waals surface area contributed by atoms with Crippen LogP contribution in [0.25, 0.3) is 0 Å². The fraction of sp³-hybridized carbons (Fsp3) is 0.727. The monoisotopic (exact) mass is 211 g/mol. The number of aromatic nitrogens is 2. The van der Waals surface area contributed by atoms with E-state index in [4.69, 9.17) is 4.74 Å². The predicted molar refractivity (Wildman–Crippen MR) is 60.7 cm³/mol. The highest BCUT2D eigenvalue weighted by Crippen LogP contribution is 2.11. The van der Waals surface area contributed by atoms with Gasteiger partial charge in [-0.2, -0.15) is 5.10 Å². The second-order valence-corrected chi connectivity index (χ2v) is 3.61. The third kappa shape index (κ3) is 4.01. The summed E-state index contributed by atoms with van der Waals surface area (Å²) < 4.78 is 7.28. The van der Waals surface area contributed by atoms with Gasteiger partial charge in [0.15, 0.2) is 0 Å². The summed E-state index contributed by atoms with van der Waals surface area (Å²) in [4.78, 5) is 0. The number of hydrogen-bond acceptors (Lipinski definition) is 3. The maximum Gasteiger partial charge on any atom is 0.0662 e. The lowest BCUT2D eigenvalue weighted by molar-refractivity contribution is 0.123. The third-order valence-corrected chi connectivity index (χ3v) is 2.26. The van der Waals surface area contributed by atoms with Gasteiger partial charge in [-0.25, -0.2) is 0 Å². The maximum absolute atomic E-state index is 5.46. The molecule has 86 valence electrons. The Balaban J connectivity index is 2.54. The van der Waals surface area contributed by atoms with Gasteiger partial charge in [0.2, 0.25) is 0 Å². The lowest BCUT2D eigenvalue weighted by Gasteiger charge is -2.16. The first-order valence-corrected chi connectivity index (χ1v) is 5.57. The smallest absolute Gasteiger partial charge is 0.0662 e. The summed E-state index contributed by atoms with van der Waals surface area (Å²) in [6.45, 7) is 6.65. The van der Waals surface area contributed by atoms with Gasteiger partial charge in [-0.1, -0.05) is 6.92 Å². The summed E-state index contributed by atoms with van der Waals surface area (Å²) >= 11 is 0. The van der Waals surface area contributed by atoms with Crippen LogP contribution in [0, 0.1) is 0 Å². The summed E-state index contributed by atoms with van der Waals surface area (Å²) in [6.07, 6.45) is 5.06. The molecule has 0 bridgehead atoms. The Kier molecular flexibility index (Phi) is 5.36. The van der Waals surface area contributed by atoms with Crippen molar-refractivity contribution in [2.24, 2.45) is 7.05 Å². The minimum Gasteiger partial charge on any atom is -0.380 e. The molecule has 0 aromatic carbocycles. The zero-order chi connectivity index (χ0) is 11.1. The van der Waals surface area contributed by atoms with E-state index in [1.165, 1.54) is 5.56 Å². The van der Waals surface area contributed by atoms with Crippen molar-refractivity contribution < 1.29 is 4.74 Å². The first kappa shape index (κ1) is 12.2. The van der Waals surface area contributed by atoms with E-state index in [0.29, 0.717) is 6.61 Å². The zero-order valence-electron chi connectivity index (χ0n) is 9.86. The van der Waals surface area contributed by atoms with Crippen LogP contribution in [-0.2, 0) is 11.8 Å². The third-order valence-electron chi connectivity index (χ3n) is 2.26. The molecule has 0 radical (unpaired) electrons. The molecule has 0 aliphatic heterocycles. The Morgan fingerprint density at radius 1 is 1.53 bits per heavy atom. The van der Waals surface area contributed by atoms with Crippen LogP contribution >= 0.6 is 0 Å². The predicted octanol–water partition coefficient (Wildman–Crippen LogP) is 1.50. The molecular formula is C11H21N3O. The van der Waals surface area contributed by atoms with E-state index in [1.807, 2.05) is 31.0 Å². The van der Waals surface area contributed by atoms with Gasteiger partial charge >= 0.3 is 0 Å². The van der Waals surface area contributed by atoms with Gasteiger partial charge in [-0.3, -0.25) is 4.68 Å². The fourth-order valence-corrected chi connectivity index (χ4v) is 1.45. The van der Waals surface area contributed by atoms with Crippen molar-refractivity contribution in [3.63, 3.8) is 0 Å². The van der Waals surface area contributed by atoms with Crippen molar-refractivity contribution in [2.75, 3.05) is 19.8 Å². The Labute approximate surface area is 91.6 Å². The highest BCUT2D eigenvalue weighted by Gasteiger charge is 2.11. The summed E-state index contributed by atoms with van der Waals surface area (Å²) in [5.41, 5.74) is 1.19. The molecule has 1 unspecified atom stereocenters. The first-order chi connectivity index (χ1) is 7.27. The van der Waals surface area contributed by atoms with Gasteiger partial charge in [0.25, 0.3) is 0 Å². The molecule has 4 heteroatoms. The quantitative estimate of drug-likeness (QED) is 0.743. The Morgan fingerprint density at radius 3 is 2.87 bits per heavy atom. The van der Waals surface area contributed by atoms with Crippen molar-refractivity contribution in [3.05, 3.63) is 18.0 Å². The molecule has 1 aromatic rings. The van der Waals surface area contributed by atoms with Gasteiger partial charge in [0.05, 0.1) is 18.8 Å². The lowest BCUT2D eigenvalue weighted by Crippen LogP contribution is -2.26. The van der Waals surface area contributed by atoms with Gasteiger partial charge in [0.1, 0.15) is 0 Å². The molecule has 1 atom stereocenters. The minimum absolute atomic E-state index is 0.263. The molecule has 0 fully saturated rings. The average Bonchev–Trinajstić information content (AvgIpc) is 2.65. The van der Waals surface area contributed by atoms with E-state index in [2.05, 4.69) is 17.3 Å². The molecule has 0 amide bonds. The lowest BCUT2D eigenvalue weighted by atomic mass is 10.1. The number of hydrogen-bond donors (Lipinski definition) is 1. The van der Waals surface area contributed by atoms with E-state index in [0.717, 1.165) is 19.6 Å². The van der Waals surface area contributed by atoms with Crippen molar-refractivity contribution >= 4 is 0 Å². The summed E-state index contributed by atoms with van der Waals surface area (Å²) in [5.74, 6) is 0. The molecule has 0 saturated heterocycles. The van der Waals surface area contributed by atoms with Crippen LogP contribution in [0.4, 0.5) is 0 Å². The molecule has 0 aliphatic rings. The molecule has 0 spiro atoms. The molecule has 1 aromatic heterocycles. The number of rotatable bonds is 7. The molecule has 1 heterocycles. The zero-order valence-corrected chi connectivity index (χ0v) is 9.86. The van der Waals surface area contributed by atoms with E-state index >= 15 is 0 Å². The van der Waals surface area contributed by atoms with Crippen molar-refractivity contribution in [2.45, 2.75) is 26.3 Å². The van der Waals surface area contributed by atoms with Crippen molar-refractivity contribution in [3.8, 4) is 0 Å². The van der Waals surface area contributed by atoms with Crippen LogP contribution in [0.2, 0.25) is 0 Å². The second kappa shape index (κ2) is 6.58. The number of nitrogens with one attached hydrogen (secondary N) is 1. The second-order valence-electron chi connectivity index (χ2n) is 3.61. The Bertz CT molecular complexity index is 265. The van der Waals surface area contributed by atoms with Crippen LogP contribution < -0.4 is 5.32 Å². The van der Waals surface area contributed by atoms with Gasteiger partial charge < -0.3 is 10.1 Å². The van der Waals surface area contributed by atoms with E-state index in [-0.39, 0.29) is 6.04 Å². The van der Waals surface area contributed by atoms with Crippen LogP contribution in [-0.4, -0.2) is 29.5 Å². The normalized spacial score (nSPS) is 13.0.